The van der Waals surface area contributed by atoms with Gasteiger partial charge in [0.15, 0.2) is 15.0 Å². The molecule has 1 amide bonds. The van der Waals surface area contributed by atoms with Gasteiger partial charge in [-0.3, -0.25) is 4.79 Å². The minimum atomic E-state index is -3.08. The molecule has 2 heterocycles. The van der Waals surface area contributed by atoms with Gasteiger partial charge in [0.1, 0.15) is 5.82 Å². The third-order valence-electron chi connectivity index (χ3n) is 5.90. The number of fused-ring (bicyclic) bond motifs is 1. The number of benzene rings is 2. The van der Waals surface area contributed by atoms with Crippen molar-refractivity contribution in [1.29, 1.82) is 0 Å². The van der Waals surface area contributed by atoms with Gasteiger partial charge in [0, 0.05) is 23.2 Å². The van der Waals surface area contributed by atoms with Crippen molar-refractivity contribution < 1.29 is 13.2 Å². The van der Waals surface area contributed by atoms with Crippen LogP contribution in [-0.4, -0.2) is 58.5 Å². The molecule has 1 aliphatic heterocycles. The summed E-state index contributed by atoms with van der Waals surface area (Å²) in [6.07, 6.45) is 1.27. The highest BCUT2D eigenvalue weighted by Gasteiger charge is 2.36. The molecule has 0 unspecified atom stereocenters. The molecule has 2 aromatic carbocycles. The lowest BCUT2D eigenvalue weighted by molar-refractivity contribution is -0.132. The van der Waals surface area contributed by atoms with E-state index >= 15 is 0 Å². The molecule has 174 valence electrons. The molecule has 0 radical (unpaired) electrons. The molecule has 1 aliphatic rings. The first-order chi connectivity index (χ1) is 15.9. The van der Waals surface area contributed by atoms with E-state index in [2.05, 4.69) is 15.3 Å². The second-order valence-electron chi connectivity index (χ2n) is 8.27. The van der Waals surface area contributed by atoms with Crippen LogP contribution < -0.4 is 5.32 Å². The normalized spacial score (nSPS) is 18.2. The number of aromatic nitrogens is 2. The predicted molar refractivity (Wildman–Crippen MR) is 134 cm³/mol. The maximum Gasteiger partial charge on any atom is 0.233 e. The number of hydrogen-bond donors (Lipinski definition) is 1. The molecule has 0 aliphatic carbocycles. The number of amides is 1. The fourth-order valence-electron chi connectivity index (χ4n) is 4.07. The summed E-state index contributed by atoms with van der Waals surface area (Å²) in [5.41, 5.74) is 1.71. The number of carbonyl (C=O) groups excluding carboxylic acids is 1. The lowest BCUT2D eigenvalue weighted by Gasteiger charge is -2.33. The van der Waals surface area contributed by atoms with Crippen LogP contribution in [0.2, 0.25) is 0 Å². The van der Waals surface area contributed by atoms with E-state index in [-0.39, 0.29) is 35.2 Å². The first kappa shape index (κ1) is 23.5. The van der Waals surface area contributed by atoms with Gasteiger partial charge < -0.3 is 10.2 Å². The van der Waals surface area contributed by atoms with Crippen molar-refractivity contribution in [2.24, 2.45) is 0 Å². The first-order valence-electron chi connectivity index (χ1n) is 11.1. The van der Waals surface area contributed by atoms with Gasteiger partial charge >= 0.3 is 0 Å². The third-order valence-corrected chi connectivity index (χ3v) is 8.48. The molecule has 3 aromatic rings. The van der Waals surface area contributed by atoms with Crippen LogP contribution in [0.1, 0.15) is 26.7 Å². The number of sulfone groups is 1. The van der Waals surface area contributed by atoms with Crippen molar-refractivity contribution in [3.8, 4) is 0 Å². The lowest BCUT2D eigenvalue weighted by atomic mass is 10.1. The summed E-state index contributed by atoms with van der Waals surface area (Å²) in [4.78, 5) is 24.3. The number of rotatable bonds is 8. The van der Waals surface area contributed by atoms with Crippen LogP contribution in [-0.2, 0) is 14.6 Å². The van der Waals surface area contributed by atoms with Gasteiger partial charge in [-0.1, -0.05) is 49.0 Å². The second kappa shape index (κ2) is 10.1. The summed E-state index contributed by atoms with van der Waals surface area (Å²) in [6.45, 7) is 3.98. The molecular weight excluding hydrogens is 456 g/mol. The predicted octanol–water partition coefficient (Wildman–Crippen LogP) is 4.28. The van der Waals surface area contributed by atoms with Gasteiger partial charge in [-0.25, -0.2) is 18.4 Å². The van der Waals surface area contributed by atoms with E-state index in [1.165, 1.54) is 11.8 Å². The number of nitrogens with one attached hydrogen (secondary N) is 1. The molecule has 1 saturated heterocycles. The van der Waals surface area contributed by atoms with Crippen LogP contribution in [0.5, 0.6) is 0 Å². The molecule has 1 N–H and O–H groups in total. The number of para-hydroxylation sites is 2. The first-order valence-corrected chi connectivity index (χ1v) is 13.9. The Balaban J connectivity index is 1.55. The summed E-state index contributed by atoms with van der Waals surface area (Å²) in [7, 11) is -3.08. The smallest absolute Gasteiger partial charge is 0.233 e. The average molecular weight is 485 g/mol. The van der Waals surface area contributed by atoms with Gasteiger partial charge in [0.2, 0.25) is 5.91 Å². The van der Waals surface area contributed by atoms with Gasteiger partial charge in [0.25, 0.3) is 0 Å². The molecule has 0 bridgehead atoms. The topological polar surface area (TPSA) is 92.3 Å². The maximum atomic E-state index is 13.2. The van der Waals surface area contributed by atoms with E-state index in [0.29, 0.717) is 17.4 Å². The zero-order chi connectivity index (χ0) is 23.4. The largest absolute Gasteiger partial charge is 0.340 e. The molecule has 9 heteroatoms. The van der Waals surface area contributed by atoms with Crippen LogP contribution in [0.4, 0.5) is 11.5 Å². The number of thioether (sulfide) groups is 1. The zero-order valence-electron chi connectivity index (χ0n) is 18.8. The van der Waals surface area contributed by atoms with Gasteiger partial charge in [-0.2, -0.15) is 0 Å². The minimum absolute atomic E-state index is 0.0239. The highest BCUT2D eigenvalue weighted by molar-refractivity contribution is 7.99. The SMILES string of the molecule is CC[C@@H](C)N(C(=O)CSc1nc(Nc2ccccc2)c2ccccc2n1)[C@H]1CCS(=O)(=O)C1. The summed E-state index contributed by atoms with van der Waals surface area (Å²) < 4.78 is 24.0. The Kier molecular flexibility index (Phi) is 7.19. The van der Waals surface area contributed by atoms with Crippen molar-refractivity contribution in [2.45, 2.75) is 43.9 Å². The van der Waals surface area contributed by atoms with Crippen molar-refractivity contribution in [3.63, 3.8) is 0 Å². The van der Waals surface area contributed by atoms with E-state index in [1.54, 1.807) is 4.90 Å². The van der Waals surface area contributed by atoms with E-state index in [4.69, 9.17) is 0 Å². The summed E-state index contributed by atoms with van der Waals surface area (Å²) in [6, 6.07) is 17.3. The highest BCUT2D eigenvalue weighted by atomic mass is 32.2. The molecule has 0 saturated carbocycles. The number of carbonyl (C=O) groups is 1. The number of nitrogens with zero attached hydrogens (tertiary/aromatic N) is 3. The van der Waals surface area contributed by atoms with Crippen LogP contribution >= 0.6 is 11.8 Å². The van der Waals surface area contributed by atoms with E-state index < -0.39 is 9.84 Å². The molecule has 2 atom stereocenters. The van der Waals surface area contributed by atoms with Crippen LogP contribution in [0.25, 0.3) is 10.9 Å². The standard InChI is InChI=1S/C24H28N4O3S2/c1-3-17(2)28(19-13-14-33(30,31)16-19)22(29)15-32-24-26-21-12-8-7-11-20(21)23(27-24)25-18-9-5-4-6-10-18/h4-12,17,19H,3,13-16H2,1-2H3,(H,25,26,27)/t17-,19+/m1/s1. The van der Waals surface area contributed by atoms with Crippen molar-refractivity contribution in [3.05, 3.63) is 54.6 Å². The Labute approximate surface area is 198 Å². The molecule has 0 spiro atoms. The van der Waals surface area contributed by atoms with E-state index in [9.17, 15) is 13.2 Å². The van der Waals surface area contributed by atoms with Crippen LogP contribution in [0.3, 0.4) is 0 Å². The Morgan fingerprint density at radius 1 is 1.15 bits per heavy atom. The minimum Gasteiger partial charge on any atom is -0.340 e. The fourth-order valence-corrected chi connectivity index (χ4v) is 6.51. The Bertz CT molecular complexity index is 1230. The van der Waals surface area contributed by atoms with Crippen molar-refractivity contribution >= 4 is 49.9 Å². The van der Waals surface area contributed by atoms with Gasteiger partial charge in [-0.15, -0.1) is 0 Å². The van der Waals surface area contributed by atoms with Gasteiger partial charge in [0.05, 0.1) is 22.8 Å². The monoisotopic (exact) mass is 484 g/mol. The van der Waals surface area contributed by atoms with Crippen LogP contribution in [0.15, 0.2) is 59.8 Å². The molecule has 4 rings (SSSR count). The summed E-state index contributed by atoms with van der Waals surface area (Å²) >= 11 is 1.28. The Morgan fingerprint density at radius 3 is 2.58 bits per heavy atom. The molecule has 1 aromatic heterocycles. The quantitative estimate of drug-likeness (QED) is 0.377. The number of hydrogen-bond acceptors (Lipinski definition) is 7. The molecule has 33 heavy (non-hydrogen) atoms. The van der Waals surface area contributed by atoms with E-state index in [1.807, 2.05) is 68.4 Å². The molecule has 7 nitrogen and oxygen atoms in total. The van der Waals surface area contributed by atoms with Crippen LogP contribution in [0, 0.1) is 0 Å². The summed E-state index contributed by atoms with van der Waals surface area (Å²) in [5.74, 6) is 0.955. The van der Waals surface area contributed by atoms with E-state index in [0.717, 1.165) is 23.0 Å². The maximum absolute atomic E-state index is 13.2. The Morgan fingerprint density at radius 2 is 1.88 bits per heavy atom. The Hall–Kier alpha value is -2.65. The van der Waals surface area contributed by atoms with Gasteiger partial charge in [-0.05, 0) is 44.0 Å². The number of anilines is 2. The molecule has 1 fully saturated rings. The fraction of sp³-hybridized carbons (Fsp3) is 0.375. The zero-order valence-corrected chi connectivity index (χ0v) is 20.4. The molecular formula is C24H28N4O3S2. The lowest BCUT2D eigenvalue weighted by Crippen LogP contribution is -2.47. The highest BCUT2D eigenvalue weighted by Crippen LogP contribution is 2.28. The summed E-state index contributed by atoms with van der Waals surface area (Å²) in [5, 5.41) is 4.75. The third kappa shape index (κ3) is 5.65. The second-order valence-corrected chi connectivity index (χ2v) is 11.4. The average Bonchev–Trinajstić information content (AvgIpc) is 3.17. The van der Waals surface area contributed by atoms with Crippen molar-refractivity contribution in [1.82, 2.24) is 14.9 Å². The van der Waals surface area contributed by atoms with Crippen molar-refractivity contribution in [2.75, 3.05) is 22.6 Å².